The van der Waals surface area contributed by atoms with Crippen LogP contribution in [0, 0.1) is 11.8 Å². The van der Waals surface area contributed by atoms with Crippen molar-refractivity contribution < 1.29 is 23.8 Å². The number of aliphatic hydroxyl groups is 2. The number of fused-ring (bicyclic) bond motifs is 2. The highest BCUT2D eigenvalue weighted by Gasteiger charge is 2.60. The van der Waals surface area contributed by atoms with Crippen LogP contribution in [0.2, 0.25) is 18.1 Å². The van der Waals surface area contributed by atoms with Gasteiger partial charge in [0.1, 0.15) is 22.7 Å². The number of aliphatic hydroxyl groups excluding tert-OH is 1. The van der Waals surface area contributed by atoms with E-state index in [1.165, 1.54) is 0 Å². The third-order valence-corrected chi connectivity index (χ3v) is 13.6. The Balaban J connectivity index is 1.82. The van der Waals surface area contributed by atoms with Crippen LogP contribution in [-0.4, -0.2) is 40.8 Å². The molecule has 1 saturated carbocycles. The molecule has 0 radical (unpaired) electrons. The van der Waals surface area contributed by atoms with E-state index in [2.05, 4.69) is 38.8 Å². The quantitative estimate of drug-likeness (QED) is 0.510. The smallest absolute Gasteiger partial charge is 0.345 e. The zero-order valence-electron chi connectivity index (χ0n) is 22.8. The van der Waals surface area contributed by atoms with E-state index in [1.807, 2.05) is 26.8 Å². The number of pyridine rings is 1. The average Bonchev–Trinajstić information content (AvgIpc) is 2.79. The minimum Gasteiger partial charge on any atom is -0.484 e. The summed E-state index contributed by atoms with van der Waals surface area (Å²) in [6.45, 7) is 16.8. The van der Waals surface area contributed by atoms with Gasteiger partial charge in [-0.2, -0.15) is 0 Å². The third kappa shape index (κ3) is 4.57. The first kappa shape index (κ1) is 27.0. The summed E-state index contributed by atoms with van der Waals surface area (Å²) in [6.07, 6.45) is 3.51. The lowest BCUT2D eigenvalue weighted by molar-refractivity contribution is -0.180. The van der Waals surface area contributed by atoms with Gasteiger partial charge in [-0.25, -0.2) is 4.79 Å². The van der Waals surface area contributed by atoms with E-state index < -0.39 is 37.2 Å². The summed E-state index contributed by atoms with van der Waals surface area (Å²) in [5.74, 6) is 0.104. The molecule has 0 amide bonds. The van der Waals surface area contributed by atoms with Gasteiger partial charge in [0.05, 0.1) is 17.8 Å². The molecule has 198 valence electrons. The minimum absolute atomic E-state index is 0.0290. The van der Waals surface area contributed by atoms with Crippen LogP contribution < -0.4 is 10.4 Å². The maximum absolute atomic E-state index is 13.1. The lowest BCUT2D eigenvalue weighted by Crippen LogP contribution is -2.64. The topological polar surface area (TPSA) is 102 Å². The molecule has 2 aromatic rings. The molecule has 7 nitrogen and oxygen atoms in total. The Hall–Kier alpha value is -2.00. The summed E-state index contributed by atoms with van der Waals surface area (Å²) in [5.41, 5.74) is -1.65. The standard InChI is InChI=1S/C28H41NO6Si/c1-9-27(5,32)18-13-19-24(30)23-21(15-20(33-25(23)31)17-11-10-12-29-16-17)34-28(19,6)22(14-18)35-36(7,8)26(2,3)4/h10-12,15-16,18-19,22,24,30,32H,9,13-14H2,1-8H3/t18-,19-,22-,24+,27?,28-/m1/s1. The summed E-state index contributed by atoms with van der Waals surface area (Å²) in [7, 11) is -2.23. The van der Waals surface area contributed by atoms with Crippen molar-refractivity contribution in [3.8, 4) is 17.1 Å². The van der Waals surface area contributed by atoms with E-state index in [4.69, 9.17) is 13.6 Å². The van der Waals surface area contributed by atoms with Gasteiger partial charge < -0.3 is 23.8 Å². The normalized spacial score (nSPS) is 30.1. The summed E-state index contributed by atoms with van der Waals surface area (Å²) in [6, 6.07) is 5.25. The first-order valence-electron chi connectivity index (χ1n) is 13.0. The van der Waals surface area contributed by atoms with Crippen LogP contribution in [0.3, 0.4) is 0 Å². The molecule has 4 rings (SSSR count). The molecule has 0 aromatic carbocycles. The third-order valence-electron chi connectivity index (χ3n) is 9.15. The van der Waals surface area contributed by atoms with Gasteiger partial charge >= 0.3 is 5.63 Å². The van der Waals surface area contributed by atoms with Crippen LogP contribution in [0.25, 0.3) is 11.3 Å². The number of ether oxygens (including phenoxy) is 1. The molecule has 36 heavy (non-hydrogen) atoms. The molecular weight excluding hydrogens is 474 g/mol. The van der Waals surface area contributed by atoms with Gasteiger partial charge in [-0.1, -0.05) is 27.7 Å². The van der Waals surface area contributed by atoms with Crippen LogP contribution in [0.5, 0.6) is 5.75 Å². The summed E-state index contributed by atoms with van der Waals surface area (Å²) < 4.78 is 19.3. The highest BCUT2D eigenvalue weighted by Crippen LogP contribution is 2.55. The monoisotopic (exact) mass is 515 g/mol. The Labute approximate surface area is 215 Å². The van der Waals surface area contributed by atoms with Crippen LogP contribution in [-0.2, 0) is 4.43 Å². The molecule has 6 atom stereocenters. The molecule has 1 aliphatic heterocycles. The van der Waals surface area contributed by atoms with Crippen molar-refractivity contribution >= 4 is 8.32 Å². The zero-order chi connectivity index (χ0) is 26.7. The van der Waals surface area contributed by atoms with E-state index in [0.717, 1.165) is 0 Å². The predicted molar refractivity (Wildman–Crippen MR) is 141 cm³/mol. The molecule has 2 aromatic heterocycles. The molecule has 2 aliphatic rings. The van der Waals surface area contributed by atoms with Gasteiger partial charge in [-0.3, -0.25) is 4.98 Å². The van der Waals surface area contributed by atoms with Gasteiger partial charge in [0.15, 0.2) is 8.32 Å². The van der Waals surface area contributed by atoms with Crippen LogP contribution in [0.1, 0.15) is 72.5 Å². The summed E-state index contributed by atoms with van der Waals surface area (Å²) in [5, 5.41) is 22.8. The predicted octanol–water partition coefficient (Wildman–Crippen LogP) is 5.46. The van der Waals surface area contributed by atoms with Crippen LogP contribution in [0.4, 0.5) is 0 Å². The number of rotatable bonds is 5. The van der Waals surface area contributed by atoms with Gasteiger partial charge in [0, 0.05) is 29.9 Å². The lowest BCUT2D eigenvalue weighted by atomic mass is 9.62. The van der Waals surface area contributed by atoms with Crippen LogP contribution >= 0.6 is 0 Å². The van der Waals surface area contributed by atoms with Crippen molar-refractivity contribution in [1.82, 2.24) is 4.98 Å². The highest BCUT2D eigenvalue weighted by molar-refractivity contribution is 6.74. The fourth-order valence-electron chi connectivity index (χ4n) is 5.37. The van der Waals surface area contributed by atoms with Crippen molar-refractivity contribution in [2.45, 2.75) is 102 Å². The van der Waals surface area contributed by atoms with Crippen molar-refractivity contribution in [2.24, 2.45) is 11.8 Å². The number of aromatic nitrogens is 1. The number of hydrogen-bond donors (Lipinski definition) is 2. The molecule has 2 N–H and O–H groups in total. The molecule has 1 fully saturated rings. The molecule has 0 saturated heterocycles. The Bertz CT molecular complexity index is 1150. The van der Waals surface area contributed by atoms with E-state index in [-0.39, 0.29) is 22.6 Å². The summed E-state index contributed by atoms with van der Waals surface area (Å²) >= 11 is 0. The van der Waals surface area contributed by atoms with Crippen molar-refractivity contribution in [3.05, 3.63) is 46.6 Å². The van der Waals surface area contributed by atoms with Gasteiger partial charge in [0.2, 0.25) is 0 Å². The van der Waals surface area contributed by atoms with E-state index in [9.17, 15) is 15.0 Å². The fraction of sp³-hybridized carbons (Fsp3) is 0.643. The van der Waals surface area contributed by atoms with Crippen molar-refractivity contribution in [1.29, 1.82) is 0 Å². The highest BCUT2D eigenvalue weighted by atomic mass is 28.4. The largest absolute Gasteiger partial charge is 0.484 e. The SMILES string of the molecule is CCC(C)(O)[C@@H]1C[C@@H]2[C@H](O)c3c(cc(-c4cccnc4)oc3=O)O[C@@]2(C)[C@H](O[Si](C)(C)C(C)(C)C)C1. The molecule has 8 heteroatoms. The Kier molecular flexibility index (Phi) is 6.82. The number of nitrogens with zero attached hydrogens (tertiary/aromatic N) is 1. The summed E-state index contributed by atoms with van der Waals surface area (Å²) in [4.78, 5) is 17.2. The van der Waals surface area contributed by atoms with Crippen LogP contribution in [0.15, 0.2) is 39.8 Å². The molecule has 1 unspecified atom stereocenters. The second-order valence-corrected chi connectivity index (χ2v) is 17.3. The maximum atomic E-state index is 13.1. The van der Waals surface area contributed by atoms with Crippen molar-refractivity contribution in [2.75, 3.05) is 0 Å². The molecule has 0 bridgehead atoms. The molecule has 1 aliphatic carbocycles. The second kappa shape index (κ2) is 9.08. The van der Waals surface area contributed by atoms with Gasteiger partial charge in [0.25, 0.3) is 0 Å². The lowest BCUT2D eigenvalue weighted by Gasteiger charge is -2.57. The Morgan fingerprint density at radius 3 is 2.53 bits per heavy atom. The van der Waals surface area contributed by atoms with Gasteiger partial charge in [-0.15, -0.1) is 0 Å². The zero-order valence-corrected chi connectivity index (χ0v) is 23.8. The Morgan fingerprint density at radius 1 is 1.25 bits per heavy atom. The molecule has 0 spiro atoms. The fourth-order valence-corrected chi connectivity index (χ4v) is 6.76. The molecular formula is C28H41NO6Si. The van der Waals surface area contributed by atoms with E-state index in [1.54, 1.807) is 24.5 Å². The number of hydrogen-bond acceptors (Lipinski definition) is 7. The maximum Gasteiger partial charge on any atom is 0.345 e. The average molecular weight is 516 g/mol. The van der Waals surface area contributed by atoms with Crippen molar-refractivity contribution in [3.63, 3.8) is 0 Å². The van der Waals surface area contributed by atoms with E-state index in [0.29, 0.717) is 36.3 Å². The van der Waals surface area contributed by atoms with Gasteiger partial charge in [-0.05, 0) is 69.3 Å². The Morgan fingerprint density at radius 2 is 1.94 bits per heavy atom. The second-order valence-electron chi connectivity index (χ2n) is 12.5. The minimum atomic E-state index is -2.23. The molecule has 3 heterocycles. The first-order valence-corrected chi connectivity index (χ1v) is 15.9. The van der Waals surface area contributed by atoms with E-state index >= 15 is 0 Å². The first-order chi connectivity index (χ1) is 16.6.